The highest BCUT2D eigenvalue weighted by Gasteiger charge is 2.57. The van der Waals surface area contributed by atoms with Crippen molar-refractivity contribution in [1.82, 2.24) is 4.90 Å². The van der Waals surface area contributed by atoms with Gasteiger partial charge in [0.25, 0.3) is 0 Å². The zero-order valence-electron chi connectivity index (χ0n) is 20.6. The molecule has 1 fully saturated rings. The molecule has 1 aliphatic carbocycles. The molecule has 1 saturated heterocycles. The van der Waals surface area contributed by atoms with Crippen LogP contribution in [0.4, 0.5) is 4.79 Å². The van der Waals surface area contributed by atoms with Crippen molar-refractivity contribution in [2.24, 2.45) is 5.92 Å². The summed E-state index contributed by atoms with van der Waals surface area (Å²) in [5.74, 6) is 0.656. The summed E-state index contributed by atoms with van der Waals surface area (Å²) in [5, 5.41) is 0.134. The molecule has 3 atom stereocenters. The lowest BCUT2D eigenvalue weighted by Gasteiger charge is -2.39. The highest BCUT2D eigenvalue weighted by Crippen LogP contribution is 2.56. The number of carbonyl (C=O) groups is 1. The largest absolute Gasteiger partial charge is 0.444 e. The van der Waals surface area contributed by atoms with Crippen LogP contribution in [0, 0.1) is 5.92 Å². The molecule has 0 saturated carbocycles. The van der Waals surface area contributed by atoms with Crippen molar-refractivity contribution < 1.29 is 14.0 Å². The number of carbonyl (C=O) groups excluding carboxylic acids is 1. The van der Waals surface area contributed by atoms with E-state index in [1.807, 2.05) is 25.7 Å². The van der Waals surface area contributed by atoms with Gasteiger partial charge in [-0.25, -0.2) is 4.79 Å². The van der Waals surface area contributed by atoms with Gasteiger partial charge in [0, 0.05) is 12.5 Å². The third kappa shape index (κ3) is 4.07. The van der Waals surface area contributed by atoms with Crippen molar-refractivity contribution in [1.29, 1.82) is 0 Å². The maximum Gasteiger partial charge on any atom is 0.410 e. The van der Waals surface area contributed by atoms with Crippen molar-refractivity contribution >= 4 is 14.4 Å². The van der Waals surface area contributed by atoms with Crippen LogP contribution in [0.25, 0.3) is 0 Å². The van der Waals surface area contributed by atoms with Crippen LogP contribution in [-0.2, 0) is 14.6 Å². The number of rotatable bonds is 3. The molecule has 1 aromatic rings. The van der Waals surface area contributed by atoms with E-state index in [1.54, 1.807) is 0 Å². The van der Waals surface area contributed by atoms with Crippen LogP contribution in [0.1, 0.15) is 72.4 Å². The molecule has 2 aliphatic rings. The fourth-order valence-electron chi connectivity index (χ4n) is 4.83. The Balaban J connectivity index is 1.96. The summed E-state index contributed by atoms with van der Waals surface area (Å²) in [6, 6.07) is 8.77. The second-order valence-electron chi connectivity index (χ2n) is 12.2. The second kappa shape index (κ2) is 7.37. The molecule has 0 N–H and O–H groups in total. The molecule has 5 heteroatoms. The van der Waals surface area contributed by atoms with Crippen LogP contribution in [0.3, 0.4) is 0 Å². The average Bonchev–Trinajstić information content (AvgIpc) is 3.06. The van der Waals surface area contributed by atoms with Gasteiger partial charge in [-0.3, -0.25) is 0 Å². The lowest BCUT2D eigenvalue weighted by molar-refractivity contribution is 0.0165. The first-order chi connectivity index (χ1) is 13.6. The van der Waals surface area contributed by atoms with Gasteiger partial charge in [-0.05, 0) is 61.4 Å². The number of hydrogen-bond donors (Lipinski definition) is 0. The normalized spacial score (nSPS) is 25.8. The van der Waals surface area contributed by atoms with Crippen LogP contribution >= 0.6 is 0 Å². The Morgan fingerprint density at radius 2 is 1.73 bits per heavy atom. The molecule has 0 spiro atoms. The van der Waals surface area contributed by atoms with E-state index in [-0.39, 0.29) is 28.5 Å². The summed E-state index contributed by atoms with van der Waals surface area (Å²) < 4.78 is 12.5. The van der Waals surface area contributed by atoms with Gasteiger partial charge in [-0.15, -0.1) is 0 Å². The van der Waals surface area contributed by atoms with Crippen LogP contribution in [-0.4, -0.2) is 44.1 Å². The molecule has 0 bridgehead atoms. The third-order valence-corrected chi connectivity index (χ3v) is 12.1. The van der Waals surface area contributed by atoms with Gasteiger partial charge in [0.1, 0.15) is 5.60 Å². The van der Waals surface area contributed by atoms with E-state index in [4.69, 9.17) is 9.16 Å². The Labute approximate surface area is 184 Å². The van der Waals surface area contributed by atoms with E-state index in [1.165, 1.54) is 11.1 Å². The van der Waals surface area contributed by atoms with Crippen LogP contribution in [0.15, 0.2) is 24.3 Å². The number of fused-ring (bicyclic) bond motifs is 3. The van der Waals surface area contributed by atoms with Gasteiger partial charge in [0.05, 0.1) is 12.6 Å². The molecule has 4 nitrogen and oxygen atoms in total. The van der Waals surface area contributed by atoms with Crippen LogP contribution < -0.4 is 0 Å². The van der Waals surface area contributed by atoms with E-state index in [2.05, 4.69) is 72.0 Å². The minimum absolute atomic E-state index is 0.00176. The number of ether oxygens (including phenoxy) is 1. The number of benzene rings is 1. The van der Waals surface area contributed by atoms with Crippen molar-refractivity contribution in [2.45, 2.75) is 96.5 Å². The summed E-state index contributed by atoms with van der Waals surface area (Å²) in [6.45, 7) is 23.1. The monoisotopic (exact) mass is 431 g/mol. The maximum atomic E-state index is 13.2. The number of hydrogen-bond acceptors (Lipinski definition) is 3. The molecule has 0 radical (unpaired) electrons. The van der Waals surface area contributed by atoms with Gasteiger partial charge in [-0.1, -0.05) is 58.9 Å². The molecule has 1 aromatic carbocycles. The topological polar surface area (TPSA) is 38.8 Å². The minimum Gasteiger partial charge on any atom is -0.444 e. The Morgan fingerprint density at radius 1 is 1.13 bits per heavy atom. The van der Waals surface area contributed by atoms with Gasteiger partial charge in [0.2, 0.25) is 0 Å². The minimum atomic E-state index is -1.93. The van der Waals surface area contributed by atoms with Crippen molar-refractivity contribution in [3.05, 3.63) is 35.4 Å². The summed E-state index contributed by atoms with van der Waals surface area (Å²) in [4.78, 5) is 15.2. The predicted octanol–water partition coefficient (Wildman–Crippen LogP) is 6.32. The first-order valence-corrected chi connectivity index (χ1v) is 14.2. The van der Waals surface area contributed by atoms with E-state index in [0.29, 0.717) is 19.1 Å². The van der Waals surface area contributed by atoms with Gasteiger partial charge in [-0.2, -0.15) is 0 Å². The van der Waals surface area contributed by atoms with Crippen molar-refractivity contribution in [3.63, 3.8) is 0 Å². The first kappa shape index (κ1) is 23.3. The highest BCUT2D eigenvalue weighted by molar-refractivity contribution is 6.74. The molecule has 3 rings (SSSR count). The molecule has 1 amide bonds. The second-order valence-corrected chi connectivity index (χ2v) is 17.0. The fourth-order valence-corrected chi connectivity index (χ4v) is 5.85. The third-order valence-electron chi connectivity index (χ3n) is 7.63. The van der Waals surface area contributed by atoms with Gasteiger partial charge < -0.3 is 14.1 Å². The molecule has 30 heavy (non-hydrogen) atoms. The summed E-state index contributed by atoms with van der Waals surface area (Å²) in [5.41, 5.74) is 2.31. The molecular weight excluding hydrogens is 390 g/mol. The quantitative estimate of drug-likeness (QED) is 0.526. The summed E-state index contributed by atoms with van der Waals surface area (Å²) in [6.07, 6.45) is -0.214. The van der Waals surface area contributed by atoms with Crippen LogP contribution in [0.5, 0.6) is 0 Å². The summed E-state index contributed by atoms with van der Waals surface area (Å²) in [7, 11) is -1.93. The van der Waals surface area contributed by atoms with Crippen molar-refractivity contribution in [3.8, 4) is 0 Å². The van der Waals surface area contributed by atoms with Gasteiger partial charge >= 0.3 is 6.09 Å². The standard InChI is InChI=1S/C25H41NO3Si/c1-23(2,3)29-22(27)26-15-19-21(17-13-11-12-14-18(17)25(19,7)8)20(26)16-28-30(9,10)24(4,5)6/h11-14,19-21H,15-16H2,1-10H3/t19?,20-,21?/m1/s1. The molecule has 0 aromatic heterocycles. The Kier molecular flexibility index (Phi) is 5.73. The average molecular weight is 432 g/mol. The fraction of sp³-hybridized carbons (Fsp3) is 0.720. The zero-order valence-corrected chi connectivity index (χ0v) is 21.6. The lowest BCUT2D eigenvalue weighted by atomic mass is 9.76. The Bertz CT molecular complexity index is 803. The molecule has 2 unspecified atom stereocenters. The first-order valence-electron chi connectivity index (χ1n) is 11.3. The van der Waals surface area contributed by atoms with Gasteiger partial charge in [0.15, 0.2) is 8.32 Å². The van der Waals surface area contributed by atoms with E-state index >= 15 is 0 Å². The number of nitrogens with zero attached hydrogens (tertiary/aromatic N) is 1. The Hall–Kier alpha value is -1.33. The molecule has 1 aliphatic heterocycles. The Morgan fingerprint density at radius 3 is 2.30 bits per heavy atom. The number of likely N-dealkylation sites (tertiary alicyclic amines) is 1. The zero-order chi connectivity index (χ0) is 22.7. The summed E-state index contributed by atoms with van der Waals surface area (Å²) >= 11 is 0. The van der Waals surface area contributed by atoms with Crippen molar-refractivity contribution in [2.75, 3.05) is 13.2 Å². The predicted molar refractivity (Wildman–Crippen MR) is 126 cm³/mol. The van der Waals surface area contributed by atoms with E-state index < -0.39 is 13.9 Å². The molecule has 168 valence electrons. The molecule has 1 heterocycles. The molecular formula is C25H41NO3Si. The van der Waals surface area contributed by atoms with Crippen LogP contribution in [0.2, 0.25) is 18.1 Å². The smallest absolute Gasteiger partial charge is 0.410 e. The lowest BCUT2D eigenvalue weighted by Crippen LogP contribution is -2.48. The maximum absolute atomic E-state index is 13.2. The highest BCUT2D eigenvalue weighted by atomic mass is 28.4. The van der Waals surface area contributed by atoms with E-state index in [0.717, 1.165) is 0 Å². The van der Waals surface area contributed by atoms with E-state index in [9.17, 15) is 4.79 Å². The SMILES string of the molecule is CC(C)(C)OC(=O)N1CC2C(c3ccccc3C2(C)C)[C@H]1CO[Si](C)(C)C(C)(C)C. The number of amides is 1.